The number of thiocarbonyl (C=S) groups is 1. The Morgan fingerprint density at radius 3 is 2.80 bits per heavy atom. The van der Waals surface area contributed by atoms with Crippen LogP contribution < -0.4 is 5.73 Å². The van der Waals surface area contributed by atoms with Gasteiger partial charge >= 0.3 is 0 Å². The van der Waals surface area contributed by atoms with Crippen molar-refractivity contribution in [3.05, 3.63) is 30.1 Å². The maximum atomic E-state index is 12.6. The quantitative estimate of drug-likeness (QED) is 0.817. The van der Waals surface area contributed by atoms with Crippen molar-refractivity contribution in [1.29, 1.82) is 0 Å². The number of hydrogen-bond donors (Lipinski definition) is 1. The Balaban J connectivity index is 2.03. The SMILES string of the molecule is NC(=S)CCN(Cc1cccnc1)C(=O)C1CCCC1. The molecule has 1 aliphatic carbocycles. The van der Waals surface area contributed by atoms with Gasteiger partial charge in [-0.25, -0.2) is 0 Å². The van der Waals surface area contributed by atoms with Crippen LogP contribution in [0, 0.1) is 5.92 Å². The number of amides is 1. The fraction of sp³-hybridized carbons (Fsp3) is 0.533. The largest absolute Gasteiger partial charge is 0.393 e. The highest BCUT2D eigenvalue weighted by Crippen LogP contribution is 2.27. The van der Waals surface area contributed by atoms with Crippen molar-refractivity contribution in [3.8, 4) is 0 Å². The molecule has 5 heteroatoms. The van der Waals surface area contributed by atoms with Gasteiger partial charge in [-0.05, 0) is 24.5 Å². The second-order valence-corrected chi connectivity index (χ2v) is 5.84. The molecule has 108 valence electrons. The number of rotatable bonds is 6. The molecule has 2 N–H and O–H groups in total. The van der Waals surface area contributed by atoms with Gasteiger partial charge in [0.25, 0.3) is 0 Å². The number of aromatic nitrogens is 1. The first-order chi connectivity index (χ1) is 9.66. The van der Waals surface area contributed by atoms with Crippen molar-refractivity contribution in [2.75, 3.05) is 6.54 Å². The van der Waals surface area contributed by atoms with Gasteiger partial charge in [0.05, 0.1) is 4.99 Å². The first kappa shape index (κ1) is 14.9. The molecule has 1 saturated carbocycles. The summed E-state index contributed by atoms with van der Waals surface area (Å²) in [5.74, 6) is 0.417. The van der Waals surface area contributed by atoms with Crippen LogP contribution in [0.3, 0.4) is 0 Å². The lowest BCUT2D eigenvalue weighted by molar-refractivity contribution is -0.135. The Morgan fingerprint density at radius 1 is 1.45 bits per heavy atom. The Morgan fingerprint density at radius 2 is 2.20 bits per heavy atom. The highest BCUT2D eigenvalue weighted by Gasteiger charge is 2.27. The number of nitrogens with two attached hydrogens (primary N) is 1. The summed E-state index contributed by atoms with van der Waals surface area (Å²) in [5.41, 5.74) is 6.61. The monoisotopic (exact) mass is 291 g/mol. The Hall–Kier alpha value is -1.49. The molecule has 2 rings (SSSR count). The molecule has 0 saturated heterocycles. The topological polar surface area (TPSA) is 59.2 Å². The van der Waals surface area contributed by atoms with Gasteiger partial charge in [0.1, 0.15) is 0 Å². The lowest BCUT2D eigenvalue weighted by atomic mass is 10.1. The van der Waals surface area contributed by atoms with Crippen molar-refractivity contribution in [1.82, 2.24) is 9.88 Å². The molecular weight excluding hydrogens is 270 g/mol. The number of nitrogens with zero attached hydrogens (tertiary/aromatic N) is 2. The summed E-state index contributed by atoms with van der Waals surface area (Å²) in [6.07, 6.45) is 8.45. The molecule has 0 aromatic carbocycles. The predicted molar refractivity (Wildman–Crippen MR) is 83.0 cm³/mol. The Labute approximate surface area is 125 Å². The van der Waals surface area contributed by atoms with E-state index in [4.69, 9.17) is 18.0 Å². The van der Waals surface area contributed by atoms with E-state index in [1.807, 2.05) is 17.0 Å². The van der Waals surface area contributed by atoms with E-state index in [2.05, 4.69) is 4.98 Å². The van der Waals surface area contributed by atoms with Crippen molar-refractivity contribution in [3.63, 3.8) is 0 Å². The predicted octanol–water partition coefficient (Wildman–Crippen LogP) is 2.28. The number of hydrogen-bond acceptors (Lipinski definition) is 3. The first-order valence-corrected chi connectivity index (χ1v) is 7.53. The maximum absolute atomic E-state index is 12.6. The molecule has 1 amide bonds. The minimum atomic E-state index is 0.179. The summed E-state index contributed by atoms with van der Waals surface area (Å²) in [5, 5.41) is 0. The van der Waals surface area contributed by atoms with Crippen LogP contribution in [-0.4, -0.2) is 27.3 Å². The highest BCUT2D eigenvalue weighted by atomic mass is 32.1. The second kappa shape index (κ2) is 7.33. The molecule has 0 bridgehead atoms. The average molecular weight is 291 g/mol. The summed E-state index contributed by atoms with van der Waals surface area (Å²) >= 11 is 4.93. The molecular formula is C15H21N3OS. The Bertz CT molecular complexity index is 457. The van der Waals surface area contributed by atoms with Crippen LogP contribution in [0.4, 0.5) is 0 Å². The van der Waals surface area contributed by atoms with Gasteiger partial charge < -0.3 is 10.6 Å². The molecule has 1 aromatic heterocycles. The Kier molecular flexibility index (Phi) is 5.47. The fourth-order valence-corrected chi connectivity index (χ4v) is 2.75. The van der Waals surface area contributed by atoms with Crippen LogP contribution in [0.5, 0.6) is 0 Å². The van der Waals surface area contributed by atoms with Gasteiger partial charge in [0.2, 0.25) is 5.91 Å². The third kappa shape index (κ3) is 4.27. The zero-order chi connectivity index (χ0) is 14.4. The molecule has 1 heterocycles. The molecule has 4 nitrogen and oxygen atoms in total. The van der Waals surface area contributed by atoms with E-state index < -0.39 is 0 Å². The van der Waals surface area contributed by atoms with E-state index in [-0.39, 0.29) is 11.8 Å². The summed E-state index contributed by atoms with van der Waals surface area (Å²) in [4.78, 5) is 19.0. The highest BCUT2D eigenvalue weighted by molar-refractivity contribution is 7.80. The molecule has 1 aliphatic rings. The van der Waals surface area contributed by atoms with E-state index >= 15 is 0 Å². The molecule has 0 radical (unpaired) electrons. The van der Waals surface area contributed by atoms with E-state index in [0.717, 1.165) is 31.2 Å². The minimum Gasteiger partial charge on any atom is -0.393 e. The number of pyridine rings is 1. The smallest absolute Gasteiger partial charge is 0.225 e. The molecule has 20 heavy (non-hydrogen) atoms. The lowest BCUT2D eigenvalue weighted by Crippen LogP contribution is -2.37. The zero-order valence-corrected chi connectivity index (χ0v) is 12.4. The van der Waals surface area contributed by atoms with Gasteiger partial charge in [-0.1, -0.05) is 31.1 Å². The first-order valence-electron chi connectivity index (χ1n) is 7.13. The van der Waals surface area contributed by atoms with E-state index in [1.54, 1.807) is 12.4 Å². The van der Waals surface area contributed by atoms with E-state index in [1.165, 1.54) is 0 Å². The second-order valence-electron chi connectivity index (χ2n) is 5.32. The van der Waals surface area contributed by atoms with Gasteiger partial charge in [0.15, 0.2) is 0 Å². The molecule has 0 aliphatic heterocycles. The van der Waals surface area contributed by atoms with Gasteiger partial charge in [0, 0.05) is 37.8 Å². The fourth-order valence-electron chi connectivity index (χ4n) is 2.66. The number of carbonyl (C=O) groups excluding carboxylic acids is 1. The van der Waals surface area contributed by atoms with Crippen LogP contribution in [0.1, 0.15) is 37.7 Å². The zero-order valence-electron chi connectivity index (χ0n) is 11.6. The standard InChI is InChI=1S/C15H21N3OS/c16-14(20)7-9-18(11-12-4-3-8-17-10-12)15(19)13-5-1-2-6-13/h3-4,8,10,13H,1-2,5-7,9,11H2,(H2,16,20). The van der Waals surface area contributed by atoms with Crippen LogP contribution in [0.2, 0.25) is 0 Å². The van der Waals surface area contributed by atoms with Crippen molar-refractivity contribution >= 4 is 23.1 Å². The van der Waals surface area contributed by atoms with Crippen LogP contribution in [-0.2, 0) is 11.3 Å². The lowest BCUT2D eigenvalue weighted by Gasteiger charge is -2.25. The van der Waals surface area contributed by atoms with Crippen LogP contribution >= 0.6 is 12.2 Å². The summed E-state index contributed by atoms with van der Waals surface area (Å²) in [7, 11) is 0. The molecule has 1 aromatic rings. The van der Waals surface area contributed by atoms with Gasteiger partial charge in [-0.3, -0.25) is 9.78 Å². The van der Waals surface area contributed by atoms with E-state index in [9.17, 15) is 4.79 Å². The van der Waals surface area contributed by atoms with Crippen LogP contribution in [0.15, 0.2) is 24.5 Å². The van der Waals surface area contributed by atoms with Crippen molar-refractivity contribution in [2.45, 2.75) is 38.6 Å². The summed E-state index contributed by atoms with van der Waals surface area (Å²) in [6, 6.07) is 3.88. The van der Waals surface area contributed by atoms with Crippen LogP contribution in [0.25, 0.3) is 0 Å². The van der Waals surface area contributed by atoms with Gasteiger partial charge in [-0.15, -0.1) is 0 Å². The summed E-state index contributed by atoms with van der Waals surface area (Å²) < 4.78 is 0. The molecule has 1 fully saturated rings. The van der Waals surface area contributed by atoms with Crippen molar-refractivity contribution < 1.29 is 4.79 Å². The average Bonchev–Trinajstić information content (AvgIpc) is 2.97. The third-order valence-corrected chi connectivity index (χ3v) is 3.94. The van der Waals surface area contributed by atoms with E-state index in [0.29, 0.717) is 24.5 Å². The molecule has 0 unspecified atom stereocenters. The third-order valence-electron chi connectivity index (χ3n) is 3.74. The summed E-state index contributed by atoms with van der Waals surface area (Å²) in [6.45, 7) is 1.19. The minimum absolute atomic E-state index is 0.179. The number of carbonyl (C=O) groups is 1. The van der Waals surface area contributed by atoms with Gasteiger partial charge in [-0.2, -0.15) is 0 Å². The molecule has 0 spiro atoms. The molecule has 0 atom stereocenters. The normalized spacial score (nSPS) is 15.2. The maximum Gasteiger partial charge on any atom is 0.225 e. The van der Waals surface area contributed by atoms with Crippen molar-refractivity contribution in [2.24, 2.45) is 11.7 Å².